The lowest BCUT2D eigenvalue weighted by atomic mass is 9.84. The first-order chi connectivity index (χ1) is 31.9. The number of primary amides is 1. The minimum absolute atomic E-state index is 0.0354. The van der Waals surface area contributed by atoms with Crippen LogP contribution in [0.3, 0.4) is 0 Å². The van der Waals surface area contributed by atoms with E-state index in [4.69, 9.17) is 29.4 Å². The Labute approximate surface area is 393 Å². The lowest BCUT2D eigenvalue weighted by molar-refractivity contribution is -0.152. The Hall–Kier alpha value is -5.34. The molecule has 0 saturated carbocycles. The number of amides is 6. The normalized spacial score (nSPS) is 28.4. The maximum Gasteiger partial charge on any atom is 0.410 e. The zero-order valence-electron chi connectivity index (χ0n) is 39.9. The Bertz CT molecular complexity index is 1970. The second-order valence-corrected chi connectivity index (χ2v) is 18.1. The topological polar surface area (TPSA) is 253 Å². The fourth-order valence-corrected chi connectivity index (χ4v) is 8.81. The Morgan fingerprint density at radius 1 is 1.00 bits per heavy atom. The van der Waals surface area contributed by atoms with E-state index in [1.807, 2.05) is 32.9 Å². The number of nitrogens with one attached hydrogen (secondary N) is 4. The number of urea groups is 1. The van der Waals surface area contributed by atoms with Crippen molar-refractivity contribution < 1.29 is 57.6 Å². The van der Waals surface area contributed by atoms with Crippen molar-refractivity contribution in [1.29, 1.82) is 0 Å². The maximum atomic E-state index is 13.6. The van der Waals surface area contributed by atoms with E-state index in [1.54, 1.807) is 54.1 Å². The summed E-state index contributed by atoms with van der Waals surface area (Å²) in [5, 5.41) is 22.7. The molecule has 1 unspecified atom stereocenters. The first-order valence-electron chi connectivity index (χ1n) is 23.3. The molecular formula is C48H71N7O12. The Balaban J connectivity index is 1.03. The molecule has 1 spiro atoms. The number of allylic oxidation sites excluding steroid dienone is 2. The first-order valence-corrected chi connectivity index (χ1v) is 23.3. The van der Waals surface area contributed by atoms with Gasteiger partial charge >= 0.3 is 18.1 Å². The summed E-state index contributed by atoms with van der Waals surface area (Å²) in [7, 11) is 1.69. The molecule has 4 fully saturated rings. The van der Waals surface area contributed by atoms with Gasteiger partial charge in [-0.3, -0.25) is 19.2 Å². The monoisotopic (exact) mass is 938 g/mol. The van der Waals surface area contributed by atoms with E-state index in [0.717, 1.165) is 17.6 Å². The molecule has 1 aromatic rings. The molecule has 4 aliphatic rings. The maximum absolute atomic E-state index is 13.6. The van der Waals surface area contributed by atoms with E-state index < -0.39 is 54.2 Å². The highest BCUT2D eigenvalue weighted by molar-refractivity contribution is 5.94. The average Bonchev–Trinajstić information content (AvgIpc) is 3.94. The number of carbonyl (C=O) groups excluding carboxylic acids is 6. The van der Waals surface area contributed by atoms with Crippen LogP contribution >= 0.6 is 0 Å². The summed E-state index contributed by atoms with van der Waals surface area (Å²) in [4.78, 5) is 77.1. The fourth-order valence-electron chi connectivity index (χ4n) is 8.81. The predicted octanol–water partition coefficient (Wildman–Crippen LogP) is 3.21. The van der Waals surface area contributed by atoms with Gasteiger partial charge in [-0.15, -0.1) is 0 Å². The highest BCUT2D eigenvalue weighted by atomic mass is 16.6. The van der Waals surface area contributed by atoms with Crippen molar-refractivity contribution in [3.8, 4) is 0 Å². The third-order valence-corrected chi connectivity index (χ3v) is 12.9. The molecule has 370 valence electrons. The number of ether oxygens (including phenoxy) is 5. The molecule has 4 heterocycles. The molecule has 19 nitrogen and oxygen atoms in total. The second-order valence-electron chi connectivity index (χ2n) is 18.1. The van der Waals surface area contributed by atoms with Crippen LogP contribution in [0, 0.1) is 5.92 Å². The Morgan fingerprint density at radius 3 is 2.33 bits per heavy atom. The molecule has 0 bridgehead atoms. The van der Waals surface area contributed by atoms with Gasteiger partial charge in [0.2, 0.25) is 17.7 Å². The highest BCUT2D eigenvalue weighted by Crippen LogP contribution is 2.49. The van der Waals surface area contributed by atoms with Crippen LogP contribution < -0.4 is 27.0 Å². The minimum atomic E-state index is -0.910. The van der Waals surface area contributed by atoms with Crippen molar-refractivity contribution in [3.05, 3.63) is 65.8 Å². The largest absolute Gasteiger partial charge is 0.459 e. The molecule has 67 heavy (non-hydrogen) atoms. The number of aliphatic hydroxyl groups excluding tert-OH is 1. The van der Waals surface area contributed by atoms with Crippen LogP contribution in [0.4, 0.5) is 15.3 Å². The van der Waals surface area contributed by atoms with E-state index in [2.05, 4.69) is 34.3 Å². The van der Waals surface area contributed by atoms with Gasteiger partial charge in [0.25, 0.3) is 0 Å². The number of rotatable bonds is 19. The first kappa shape index (κ1) is 52.6. The van der Waals surface area contributed by atoms with E-state index in [1.165, 1.54) is 13.0 Å². The van der Waals surface area contributed by atoms with Gasteiger partial charge in [0.1, 0.15) is 30.5 Å². The zero-order valence-corrected chi connectivity index (χ0v) is 39.9. The van der Waals surface area contributed by atoms with Crippen LogP contribution in [0.15, 0.2) is 60.2 Å². The molecule has 0 radical (unpaired) electrons. The molecular weight excluding hydrogens is 867 g/mol. The number of epoxide rings is 1. The van der Waals surface area contributed by atoms with Crippen molar-refractivity contribution in [1.82, 2.24) is 25.8 Å². The van der Waals surface area contributed by atoms with Gasteiger partial charge in [0.15, 0.2) is 0 Å². The summed E-state index contributed by atoms with van der Waals surface area (Å²) >= 11 is 0. The number of hydrogen-bond donors (Lipinski definition) is 6. The number of aliphatic hydroxyl groups is 1. The number of anilines is 1. The number of nitrogens with two attached hydrogens (primary N) is 1. The Morgan fingerprint density at radius 2 is 1.69 bits per heavy atom. The fraction of sp³-hybridized carbons (Fsp3) is 0.625. The number of carbonyl (C=O) groups is 6. The number of esters is 1. The van der Waals surface area contributed by atoms with E-state index in [-0.39, 0.29) is 61.0 Å². The predicted molar refractivity (Wildman–Crippen MR) is 248 cm³/mol. The average molecular weight is 938 g/mol. The van der Waals surface area contributed by atoms with Crippen molar-refractivity contribution in [3.63, 3.8) is 0 Å². The lowest BCUT2D eigenvalue weighted by Gasteiger charge is -2.39. The summed E-state index contributed by atoms with van der Waals surface area (Å²) < 4.78 is 29.3. The Kier molecular flexibility index (Phi) is 19.3. The van der Waals surface area contributed by atoms with Gasteiger partial charge in [-0.25, -0.2) is 9.59 Å². The lowest BCUT2D eigenvalue weighted by Crippen LogP contribution is -2.54. The molecule has 6 amide bonds. The van der Waals surface area contributed by atoms with Crippen LogP contribution in [-0.2, 0) is 49.5 Å². The van der Waals surface area contributed by atoms with Crippen LogP contribution in [0.25, 0.3) is 0 Å². The van der Waals surface area contributed by atoms with Crippen LogP contribution in [0.2, 0.25) is 0 Å². The minimum Gasteiger partial charge on any atom is -0.459 e. The number of benzene rings is 1. The van der Waals surface area contributed by atoms with E-state index in [9.17, 15) is 33.9 Å². The highest BCUT2D eigenvalue weighted by Gasteiger charge is 2.64. The molecule has 11 atom stereocenters. The summed E-state index contributed by atoms with van der Waals surface area (Å²) in [6.45, 7) is 12.6. The standard InChI is InChI=1S/C48H71N7O12/c1-29(10-17-40-30(2)25-39(32(4)65-40)53-42(57)19-12-31(3)64-34(6)56)11-18-41-44(59)48(33(5)67-48)27-37(66-41)26-43(58)54-21-23-55(24-22-54)47(62)63-28-35-13-15-36(16-14-35)52-45(60)38(50-7)9-8-20-51-46(49)61/h10-16,18-19,30-33,37-41,44,50,59H,8-9,17,20-28H2,1-7H3,(H,52,60)(H,53,57)(H3,49,51,61)/b18-11+,19-12-,29-10+/t30-,31-,32+,33?,37+,38-,39+,40-,41+,44+,48+/m0/s1. The molecule has 0 aliphatic carbocycles. The molecule has 19 heteroatoms. The van der Waals surface area contributed by atoms with Gasteiger partial charge in [-0.2, -0.15) is 0 Å². The molecule has 1 aromatic carbocycles. The second kappa shape index (κ2) is 24.6. The van der Waals surface area contributed by atoms with Crippen LogP contribution in [0.5, 0.6) is 0 Å². The summed E-state index contributed by atoms with van der Waals surface area (Å²) in [6, 6.07) is 5.76. The van der Waals surface area contributed by atoms with Gasteiger partial charge < -0.3 is 65.6 Å². The summed E-state index contributed by atoms with van der Waals surface area (Å²) in [5.74, 6) is -0.842. The van der Waals surface area contributed by atoms with Crippen LogP contribution in [-0.4, -0.2) is 151 Å². The van der Waals surface area contributed by atoms with Crippen molar-refractivity contribution in [2.24, 2.45) is 11.7 Å². The number of piperazine rings is 1. The molecule has 0 aromatic heterocycles. The molecule has 7 N–H and O–H groups in total. The van der Waals surface area contributed by atoms with Crippen LogP contribution in [0.1, 0.15) is 85.6 Å². The zero-order chi connectivity index (χ0) is 48.8. The molecule has 5 rings (SSSR count). The van der Waals surface area contributed by atoms with Gasteiger partial charge in [0.05, 0.1) is 42.9 Å². The van der Waals surface area contributed by atoms with Crippen molar-refractivity contribution in [2.75, 3.05) is 45.1 Å². The van der Waals surface area contributed by atoms with E-state index in [0.29, 0.717) is 64.1 Å². The number of hydrogen-bond acceptors (Lipinski definition) is 13. The molecule has 4 saturated heterocycles. The quantitative estimate of drug-likeness (QED) is 0.0384. The number of likely N-dealkylation sites (N-methyl/N-ethyl adjacent to an activating group) is 1. The smallest absolute Gasteiger partial charge is 0.410 e. The third-order valence-electron chi connectivity index (χ3n) is 12.9. The van der Waals surface area contributed by atoms with Gasteiger partial charge in [0, 0.05) is 57.8 Å². The van der Waals surface area contributed by atoms with E-state index >= 15 is 0 Å². The SMILES string of the molecule is CN[C@@H](CCCNC(N)=O)C(=O)Nc1ccc(COC(=O)N2CCN(C(=O)C[C@@H]3C[C@]4(OC4C)[C@H](O)[C@@H](/C=C/C(C)=C/C[C@@H]4O[C@H](C)[C@H](NC(=O)/C=C\[C@H](C)OC(C)=O)C[C@@H]4C)O3)CC2)cc1. The van der Waals surface area contributed by atoms with Gasteiger partial charge in [-0.1, -0.05) is 42.9 Å². The summed E-state index contributed by atoms with van der Waals surface area (Å²) in [5.41, 5.74) is 6.58. The van der Waals surface area contributed by atoms with Gasteiger partial charge in [-0.05, 0) is 90.1 Å². The summed E-state index contributed by atoms with van der Waals surface area (Å²) in [6.07, 6.45) is 8.17. The third kappa shape index (κ3) is 15.6. The van der Waals surface area contributed by atoms with Crippen molar-refractivity contribution >= 4 is 41.5 Å². The number of nitrogens with zero attached hydrogens (tertiary/aromatic N) is 2. The van der Waals surface area contributed by atoms with Crippen molar-refractivity contribution in [2.45, 2.75) is 147 Å². The molecule has 4 aliphatic heterocycles.